The van der Waals surface area contributed by atoms with E-state index in [2.05, 4.69) is 10.2 Å². The number of aliphatic hydroxyl groups is 2. The average molecular weight is 942 g/mol. The number of aliphatic hydroxyl groups excluding tert-OH is 2. The number of hydrogen-bond acceptors (Lipinski definition) is 16. The molecule has 9 atom stereocenters. The third kappa shape index (κ3) is 9.85. The number of carbonyl (C=O) groups is 3. The Morgan fingerprint density at radius 2 is 1.71 bits per heavy atom. The second kappa shape index (κ2) is 20.8. The first-order valence-corrected chi connectivity index (χ1v) is 23.2. The van der Waals surface area contributed by atoms with Gasteiger partial charge in [0.2, 0.25) is 0 Å². The Morgan fingerprint density at radius 3 is 2.41 bits per heavy atom. The van der Waals surface area contributed by atoms with Gasteiger partial charge in [0, 0.05) is 74.2 Å². The largest absolute Gasteiger partial charge is 0.505 e. The van der Waals surface area contributed by atoms with Gasteiger partial charge in [0.25, 0.3) is 11.7 Å². The number of Topliss-reactive ketones (excluding diaryl/α,β-unsaturated/α-hetero) is 1. The lowest BCUT2D eigenvalue weighted by Crippen LogP contribution is -2.46. The molecule has 7 rings (SSSR count). The molecule has 4 aromatic rings. The van der Waals surface area contributed by atoms with E-state index in [1.54, 1.807) is 65.0 Å². The van der Waals surface area contributed by atoms with E-state index >= 15 is 0 Å². The van der Waals surface area contributed by atoms with Gasteiger partial charge in [-0.2, -0.15) is 0 Å². The minimum absolute atomic E-state index is 0.0136. The number of aromatic hydroxyl groups is 1. The number of unbranched alkanes of at least 4 members (excludes halogenated alkanes) is 1. The summed E-state index contributed by atoms with van der Waals surface area (Å²) in [5.74, 6) is -6.93. The molecular formula is C51H63N3O14. The highest BCUT2D eigenvalue weighted by Gasteiger charge is 2.49. The zero-order chi connectivity index (χ0) is 49.2. The number of ketones is 1. The molecule has 0 spiro atoms. The molecule has 1 fully saturated rings. The predicted molar refractivity (Wildman–Crippen MR) is 254 cm³/mol. The van der Waals surface area contributed by atoms with Gasteiger partial charge in [-0.05, 0) is 51.4 Å². The molecule has 3 aliphatic rings. The standard InChI is InChI=1S/C51H63N3O14/c1-26-14-12-15-27(2)50(61)53-41-45(59)37-36(40-48(41)67-35-17-13-16-34(39(35)52-40)64-22-11-10-19-54-20-24-63-25-21-54)38-47(31(6)44(37)58)68-51(8,49(38)60)65-23-18-33(62-9)28(3)46(66-32(7)55)30(5)43(57)29(4)42(26)56/h12-18,23,26,28-30,33,42-43,46,56-57,59H,10-11,19-22,24-25H2,1-9H3,(H,53,61)/b14-12+,23-18+,27-15-/t26-,28+,29+,30+,33-,42-,43+,46+,51-/m0/s1. The summed E-state index contributed by atoms with van der Waals surface area (Å²) in [6, 6.07) is 5.11. The molecule has 0 unspecified atom stereocenters. The van der Waals surface area contributed by atoms with Gasteiger partial charge in [0.1, 0.15) is 34.3 Å². The van der Waals surface area contributed by atoms with Gasteiger partial charge in [-0.15, -0.1) is 0 Å². The van der Waals surface area contributed by atoms with Gasteiger partial charge in [0.05, 0.1) is 55.3 Å². The molecule has 0 radical (unpaired) electrons. The Labute approximate surface area is 394 Å². The second-order valence-electron chi connectivity index (χ2n) is 18.3. The quantitative estimate of drug-likeness (QED) is 0.0487. The van der Waals surface area contributed by atoms with E-state index in [4.69, 9.17) is 37.8 Å². The molecule has 4 heterocycles. The minimum atomic E-state index is -2.06. The Bertz CT molecular complexity index is 2720. The van der Waals surface area contributed by atoms with Crippen molar-refractivity contribution in [3.63, 3.8) is 0 Å². The van der Waals surface area contributed by atoms with Crippen LogP contribution in [0.2, 0.25) is 0 Å². The summed E-state index contributed by atoms with van der Waals surface area (Å²) in [5.41, 5.74) is -0.585. The fourth-order valence-corrected chi connectivity index (χ4v) is 9.36. The van der Waals surface area contributed by atoms with Crippen LogP contribution < -0.4 is 20.2 Å². The van der Waals surface area contributed by atoms with Gasteiger partial charge < -0.3 is 53.5 Å². The normalized spacial score (nSPS) is 29.3. The van der Waals surface area contributed by atoms with Crippen LogP contribution in [-0.2, 0) is 28.5 Å². The number of anilines is 1. The number of amides is 1. The van der Waals surface area contributed by atoms with Gasteiger partial charge in [-0.1, -0.05) is 52.0 Å². The van der Waals surface area contributed by atoms with Crippen molar-refractivity contribution in [3.8, 4) is 17.2 Å². The molecule has 366 valence electrons. The lowest BCUT2D eigenvalue weighted by molar-refractivity contribution is -0.160. The zero-order valence-corrected chi connectivity index (χ0v) is 40.1. The molecule has 17 heteroatoms. The molecule has 1 amide bonds. The van der Waals surface area contributed by atoms with E-state index in [1.165, 1.54) is 46.3 Å². The molecule has 0 saturated carbocycles. The van der Waals surface area contributed by atoms with Crippen molar-refractivity contribution in [1.29, 1.82) is 0 Å². The fraction of sp³-hybridized carbons (Fsp3) is 0.510. The summed E-state index contributed by atoms with van der Waals surface area (Å²) < 4.78 is 42.2. The number of benzene rings is 3. The maximum atomic E-state index is 14.9. The van der Waals surface area contributed by atoms with E-state index < -0.39 is 82.7 Å². The lowest BCUT2D eigenvalue weighted by atomic mass is 9.78. The number of aromatic nitrogens is 1. The van der Waals surface area contributed by atoms with Crippen molar-refractivity contribution in [2.24, 2.45) is 23.7 Å². The maximum absolute atomic E-state index is 14.9. The van der Waals surface area contributed by atoms with E-state index in [1.807, 2.05) is 0 Å². The van der Waals surface area contributed by atoms with E-state index in [0.29, 0.717) is 25.6 Å². The summed E-state index contributed by atoms with van der Waals surface area (Å²) >= 11 is 0. The van der Waals surface area contributed by atoms with Crippen molar-refractivity contribution in [2.45, 2.75) is 98.4 Å². The zero-order valence-electron chi connectivity index (χ0n) is 40.1. The highest BCUT2D eigenvalue weighted by atomic mass is 16.7. The first-order chi connectivity index (χ1) is 32.4. The molecule has 68 heavy (non-hydrogen) atoms. The monoisotopic (exact) mass is 941 g/mol. The number of phenols is 1. The van der Waals surface area contributed by atoms with E-state index in [0.717, 1.165) is 32.5 Å². The first-order valence-electron chi connectivity index (χ1n) is 23.2. The van der Waals surface area contributed by atoms with Crippen LogP contribution in [0.1, 0.15) is 77.2 Å². The first kappa shape index (κ1) is 50.0. The smallest absolute Gasteiger partial charge is 0.312 e. The highest BCUT2D eigenvalue weighted by Crippen LogP contribution is 2.49. The van der Waals surface area contributed by atoms with Gasteiger partial charge in [0.15, 0.2) is 22.3 Å². The summed E-state index contributed by atoms with van der Waals surface area (Å²) in [5, 5.41) is 37.5. The van der Waals surface area contributed by atoms with Gasteiger partial charge in [-0.25, -0.2) is 4.98 Å². The number of phenolic OH excluding ortho intramolecular Hbond substituents is 1. The molecule has 0 aliphatic carbocycles. The molecule has 4 bridgehead atoms. The summed E-state index contributed by atoms with van der Waals surface area (Å²) in [6.07, 6.45) is 5.25. The number of carbonyl (C=O) groups excluding carboxylic acids is 3. The van der Waals surface area contributed by atoms with E-state index in [-0.39, 0.29) is 61.1 Å². The number of esters is 1. The summed E-state index contributed by atoms with van der Waals surface area (Å²) in [7, 11) is 1.45. The second-order valence-corrected chi connectivity index (χ2v) is 18.3. The maximum Gasteiger partial charge on any atom is 0.312 e. The van der Waals surface area contributed by atoms with Crippen LogP contribution in [0.4, 0.5) is 5.69 Å². The summed E-state index contributed by atoms with van der Waals surface area (Å²) in [4.78, 5) is 63.2. The number of rotatable bonds is 8. The number of para-hydroxylation sites is 1. The Kier molecular flexibility index (Phi) is 15.3. The molecule has 1 saturated heterocycles. The van der Waals surface area contributed by atoms with Gasteiger partial charge in [-0.3, -0.25) is 24.1 Å². The lowest BCUT2D eigenvalue weighted by Gasteiger charge is -2.38. The van der Waals surface area contributed by atoms with E-state index in [9.17, 15) is 34.5 Å². The number of nitrogens with one attached hydrogen (secondary N) is 1. The van der Waals surface area contributed by atoms with Crippen molar-refractivity contribution in [3.05, 3.63) is 75.7 Å². The topological polar surface area (TPSA) is 226 Å². The average Bonchev–Trinajstić information content (AvgIpc) is 3.59. The van der Waals surface area contributed by atoms with Crippen molar-refractivity contribution >= 4 is 56.3 Å². The van der Waals surface area contributed by atoms with Crippen LogP contribution in [-0.4, -0.2) is 120 Å². The van der Waals surface area contributed by atoms with Crippen LogP contribution >= 0.6 is 0 Å². The van der Waals surface area contributed by atoms with Crippen LogP contribution in [0, 0.1) is 30.6 Å². The predicted octanol–water partition coefficient (Wildman–Crippen LogP) is 6.49. The number of ether oxygens (including phenoxy) is 6. The number of nitrogens with zero attached hydrogens (tertiary/aromatic N) is 2. The van der Waals surface area contributed by atoms with Crippen molar-refractivity contribution in [2.75, 3.05) is 51.9 Å². The number of morpholine rings is 1. The Hall–Kier alpha value is -5.85. The number of allylic oxidation sites excluding steroid dienone is 2. The minimum Gasteiger partial charge on any atom is -0.505 e. The molecule has 3 aromatic carbocycles. The number of fused-ring (bicyclic) bond motifs is 2. The van der Waals surface area contributed by atoms with Crippen LogP contribution in [0.5, 0.6) is 17.2 Å². The van der Waals surface area contributed by atoms with Crippen molar-refractivity contribution < 1.29 is 62.5 Å². The molecule has 4 N–H and O–H groups in total. The third-order valence-electron chi connectivity index (χ3n) is 13.6. The van der Waals surface area contributed by atoms with Crippen LogP contribution in [0.15, 0.2) is 63.6 Å². The number of methoxy groups -OCH3 is 1. The van der Waals surface area contributed by atoms with Crippen molar-refractivity contribution in [1.82, 2.24) is 9.88 Å². The van der Waals surface area contributed by atoms with Crippen LogP contribution in [0.25, 0.3) is 33.0 Å². The van der Waals surface area contributed by atoms with Crippen LogP contribution in [0.3, 0.4) is 0 Å². The number of hydrogen-bond donors (Lipinski definition) is 4. The summed E-state index contributed by atoms with van der Waals surface area (Å²) in [6.45, 7) is 17.1. The fourth-order valence-electron chi connectivity index (χ4n) is 9.36. The SMILES string of the molecule is CO[C@H]1/C=C/O[C@@]2(C)Oc3c(C)c(=O)c4c(O)c(c5oc6cccc(OCCCCN7CCOCC7)c6nc5c4c3C2=O)NC(=O)/C(C)=C\C=C\[C@H](C)[C@H](O)[C@@H](C)[C@@H](O)[C@@H](C)[C@H](OC(C)=O)[C@@H]1C. The molecule has 1 aromatic heterocycles. The third-order valence-corrected chi connectivity index (χ3v) is 13.6. The Balaban J connectivity index is 1.38. The van der Waals surface area contributed by atoms with Gasteiger partial charge >= 0.3 is 11.8 Å². The highest BCUT2D eigenvalue weighted by molar-refractivity contribution is 6.26. The Morgan fingerprint density at radius 1 is 0.971 bits per heavy atom. The molecule has 17 nitrogen and oxygen atoms in total. The molecule has 3 aliphatic heterocycles. The molecular weight excluding hydrogens is 879 g/mol.